The quantitative estimate of drug-likeness (QED) is 0.344. The summed E-state index contributed by atoms with van der Waals surface area (Å²) in [6.45, 7) is 11.7. The van der Waals surface area contributed by atoms with Gasteiger partial charge in [-0.1, -0.05) is 31.6 Å². The van der Waals surface area contributed by atoms with E-state index in [1.807, 2.05) is 0 Å². The molecule has 0 rings (SSSR count). The van der Waals surface area contributed by atoms with Crippen LogP contribution >= 0.6 is 0 Å². The van der Waals surface area contributed by atoms with Crippen LogP contribution < -0.4 is 0 Å². The van der Waals surface area contributed by atoms with E-state index in [0.717, 1.165) is 6.61 Å². The molecule has 0 aromatic heterocycles. The first-order valence-corrected chi connectivity index (χ1v) is 10.3. The summed E-state index contributed by atoms with van der Waals surface area (Å²) in [6, 6.07) is 4.07. The monoisotopic (exact) mass is 216 g/mol. The molecule has 0 aromatic carbocycles. The summed E-state index contributed by atoms with van der Waals surface area (Å²) in [7, 11) is -1.09. The molecule has 0 aromatic rings. The summed E-state index contributed by atoms with van der Waals surface area (Å²) in [5.41, 5.74) is 0. The van der Waals surface area contributed by atoms with Crippen molar-refractivity contribution >= 4 is 17.8 Å². The lowest BCUT2D eigenvalue weighted by atomic mass is 10.6. The van der Waals surface area contributed by atoms with E-state index in [9.17, 15) is 0 Å². The fraction of sp³-hybridized carbons (Fsp3) is 0.800. The molecule has 0 aliphatic heterocycles. The molecule has 0 spiro atoms. The molecule has 0 aliphatic rings. The first kappa shape index (κ1) is 13.1. The Morgan fingerprint density at radius 3 is 2.69 bits per heavy atom. The fourth-order valence-electron chi connectivity index (χ4n) is 1.44. The van der Waals surface area contributed by atoms with Gasteiger partial charge in [0, 0.05) is 6.61 Å². The summed E-state index contributed by atoms with van der Waals surface area (Å²) in [4.78, 5) is 0. The van der Waals surface area contributed by atoms with Crippen LogP contribution in [0.3, 0.4) is 0 Å². The highest BCUT2D eigenvalue weighted by molar-refractivity contribution is 6.77. The SMILES string of the molecule is C=CC[Si](C)(C)CCC[SiH2]OCC. The van der Waals surface area contributed by atoms with Crippen LogP contribution in [0, 0.1) is 0 Å². The third-order valence-electron chi connectivity index (χ3n) is 2.29. The molecule has 13 heavy (non-hydrogen) atoms. The van der Waals surface area contributed by atoms with Crippen molar-refractivity contribution in [2.24, 2.45) is 0 Å². The van der Waals surface area contributed by atoms with Gasteiger partial charge in [0.1, 0.15) is 0 Å². The zero-order chi connectivity index (χ0) is 10.2. The number of hydrogen-bond donors (Lipinski definition) is 0. The standard InChI is InChI=1S/C10H24OSi2/c1-5-9-13(3,4)10-7-8-12-11-6-2/h5H,1,6-10,12H2,2-4H3. The van der Waals surface area contributed by atoms with Crippen molar-refractivity contribution in [2.45, 2.75) is 44.6 Å². The van der Waals surface area contributed by atoms with Crippen molar-refractivity contribution in [1.29, 1.82) is 0 Å². The molecule has 0 saturated carbocycles. The van der Waals surface area contributed by atoms with Crippen LogP contribution in [0.25, 0.3) is 0 Å². The van der Waals surface area contributed by atoms with Gasteiger partial charge >= 0.3 is 0 Å². The zero-order valence-corrected chi connectivity index (χ0v) is 11.8. The average molecular weight is 216 g/mol. The second kappa shape index (κ2) is 7.53. The molecule has 0 saturated heterocycles. The molecule has 3 heteroatoms. The molecule has 0 heterocycles. The minimum Gasteiger partial charge on any atom is -0.424 e. The Kier molecular flexibility index (Phi) is 7.61. The maximum absolute atomic E-state index is 5.44. The fourth-order valence-corrected chi connectivity index (χ4v) is 5.08. The second-order valence-corrected chi connectivity index (χ2v) is 11.1. The van der Waals surface area contributed by atoms with Crippen molar-refractivity contribution in [1.82, 2.24) is 0 Å². The smallest absolute Gasteiger partial charge is 0.161 e. The Hall–Kier alpha value is 0.134. The summed E-state index contributed by atoms with van der Waals surface area (Å²) in [6.07, 6.45) is 3.48. The van der Waals surface area contributed by atoms with Crippen molar-refractivity contribution < 1.29 is 4.43 Å². The van der Waals surface area contributed by atoms with Crippen LogP contribution in [-0.2, 0) is 4.43 Å². The molecule has 0 N–H and O–H groups in total. The van der Waals surface area contributed by atoms with Gasteiger partial charge in [-0.15, -0.1) is 6.58 Å². The van der Waals surface area contributed by atoms with E-state index in [1.165, 1.54) is 24.6 Å². The summed E-state index contributed by atoms with van der Waals surface area (Å²) in [5.74, 6) is 0. The molecule has 0 fully saturated rings. The van der Waals surface area contributed by atoms with Crippen molar-refractivity contribution in [2.75, 3.05) is 6.61 Å². The molecular weight excluding hydrogens is 192 g/mol. The molecular formula is C10H24OSi2. The Morgan fingerprint density at radius 2 is 2.15 bits per heavy atom. The predicted octanol–water partition coefficient (Wildman–Crippen LogP) is 2.81. The predicted molar refractivity (Wildman–Crippen MR) is 66.9 cm³/mol. The minimum absolute atomic E-state index is 0.175. The molecule has 78 valence electrons. The van der Waals surface area contributed by atoms with E-state index in [4.69, 9.17) is 4.43 Å². The van der Waals surface area contributed by atoms with Gasteiger partial charge < -0.3 is 4.43 Å². The van der Waals surface area contributed by atoms with Crippen LogP contribution in [0.15, 0.2) is 12.7 Å². The van der Waals surface area contributed by atoms with Gasteiger partial charge in [0.05, 0.1) is 8.07 Å². The van der Waals surface area contributed by atoms with Gasteiger partial charge in [-0.05, 0) is 19.0 Å². The van der Waals surface area contributed by atoms with Gasteiger partial charge in [-0.3, -0.25) is 0 Å². The molecule has 1 nitrogen and oxygen atoms in total. The normalized spacial score (nSPS) is 12.5. The Balaban J connectivity index is 3.34. The minimum atomic E-state index is -0.915. The highest BCUT2D eigenvalue weighted by Crippen LogP contribution is 2.18. The molecule has 0 amide bonds. The average Bonchev–Trinajstić information content (AvgIpc) is 2.04. The molecule has 0 radical (unpaired) electrons. The largest absolute Gasteiger partial charge is 0.424 e. The zero-order valence-electron chi connectivity index (χ0n) is 9.44. The first-order valence-electron chi connectivity index (χ1n) is 5.31. The molecule has 0 aliphatic carbocycles. The number of hydrogen-bond acceptors (Lipinski definition) is 1. The van der Waals surface area contributed by atoms with E-state index >= 15 is 0 Å². The van der Waals surface area contributed by atoms with E-state index in [2.05, 4.69) is 32.7 Å². The topological polar surface area (TPSA) is 9.23 Å². The Labute approximate surface area is 86.5 Å². The van der Waals surface area contributed by atoms with E-state index in [-0.39, 0.29) is 9.76 Å². The van der Waals surface area contributed by atoms with Crippen molar-refractivity contribution in [3.8, 4) is 0 Å². The van der Waals surface area contributed by atoms with Crippen LogP contribution in [0.4, 0.5) is 0 Å². The Morgan fingerprint density at radius 1 is 1.46 bits per heavy atom. The lowest BCUT2D eigenvalue weighted by Gasteiger charge is -2.19. The van der Waals surface area contributed by atoms with Crippen molar-refractivity contribution in [3.05, 3.63) is 12.7 Å². The summed E-state index contributed by atoms with van der Waals surface area (Å²) in [5, 5.41) is 0. The highest BCUT2D eigenvalue weighted by atomic mass is 28.3. The summed E-state index contributed by atoms with van der Waals surface area (Å²) >= 11 is 0. The molecule has 0 bridgehead atoms. The first-order chi connectivity index (χ1) is 6.12. The van der Waals surface area contributed by atoms with E-state index < -0.39 is 8.07 Å². The van der Waals surface area contributed by atoms with Gasteiger partial charge in [0.2, 0.25) is 0 Å². The van der Waals surface area contributed by atoms with Gasteiger partial charge in [0.15, 0.2) is 9.76 Å². The van der Waals surface area contributed by atoms with E-state index in [0.29, 0.717) is 0 Å². The number of rotatable bonds is 8. The van der Waals surface area contributed by atoms with E-state index in [1.54, 1.807) is 0 Å². The van der Waals surface area contributed by atoms with Gasteiger partial charge in [-0.2, -0.15) is 0 Å². The highest BCUT2D eigenvalue weighted by Gasteiger charge is 2.17. The maximum Gasteiger partial charge on any atom is 0.161 e. The van der Waals surface area contributed by atoms with Crippen molar-refractivity contribution in [3.63, 3.8) is 0 Å². The second-order valence-electron chi connectivity index (χ2n) is 4.31. The van der Waals surface area contributed by atoms with Crippen LogP contribution in [-0.4, -0.2) is 24.4 Å². The van der Waals surface area contributed by atoms with Gasteiger partial charge in [-0.25, -0.2) is 0 Å². The van der Waals surface area contributed by atoms with Gasteiger partial charge in [0.25, 0.3) is 0 Å². The maximum atomic E-state index is 5.44. The van der Waals surface area contributed by atoms with Crippen LogP contribution in [0.2, 0.25) is 31.2 Å². The third-order valence-corrected chi connectivity index (χ3v) is 6.88. The summed E-state index contributed by atoms with van der Waals surface area (Å²) < 4.78 is 5.44. The van der Waals surface area contributed by atoms with Crippen LogP contribution in [0.5, 0.6) is 0 Å². The molecule has 0 atom stereocenters. The Bertz CT molecular complexity index is 135. The third kappa shape index (κ3) is 8.46. The van der Waals surface area contributed by atoms with Crippen LogP contribution in [0.1, 0.15) is 13.3 Å². The molecule has 0 unspecified atom stereocenters. The lowest BCUT2D eigenvalue weighted by Crippen LogP contribution is -2.23. The number of allylic oxidation sites excluding steroid dienone is 1. The lowest BCUT2D eigenvalue weighted by molar-refractivity contribution is 0.359.